The first-order valence-electron chi connectivity index (χ1n) is 10.7. The van der Waals surface area contributed by atoms with E-state index in [-0.39, 0.29) is 12.2 Å². The van der Waals surface area contributed by atoms with Gasteiger partial charge in [-0.3, -0.25) is 24.2 Å². The predicted octanol–water partition coefficient (Wildman–Crippen LogP) is 4.78. The van der Waals surface area contributed by atoms with Gasteiger partial charge in [-0.05, 0) is 55.8 Å². The zero-order valence-electron chi connectivity index (χ0n) is 17.7. The zero-order chi connectivity index (χ0) is 22.1. The number of rotatable bonds is 6. The minimum Gasteiger partial charge on any atom is -0.487 e. The Labute approximate surface area is 191 Å². The molecule has 5 rings (SSSR count). The Hall–Kier alpha value is -3.22. The number of hydrogen-bond acceptors (Lipinski definition) is 5. The van der Waals surface area contributed by atoms with Crippen molar-refractivity contribution in [3.63, 3.8) is 0 Å². The average Bonchev–Trinajstić information content (AvgIpc) is 2.77. The third-order valence-electron chi connectivity index (χ3n) is 5.91. The first-order chi connectivity index (χ1) is 15.6. The molecule has 0 radical (unpaired) electrons. The third-order valence-corrected chi connectivity index (χ3v) is 6.13. The van der Waals surface area contributed by atoms with Crippen LogP contribution < -0.4 is 10.3 Å². The van der Waals surface area contributed by atoms with Crippen molar-refractivity contribution in [3.8, 4) is 11.4 Å². The molecule has 0 spiro atoms. The number of pyridine rings is 3. The van der Waals surface area contributed by atoms with Crippen LogP contribution in [0.5, 0.6) is 5.75 Å². The molecule has 6 nitrogen and oxygen atoms in total. The van der Waals surface area contributed by atoms with E-state index in [9.17, 15) is 4.79 Å². The number of ether oxygens (including phenoxy) is 1. The molecule has 3 aromatic heterocycles. The lowest BCUT2D eigenvalue weighted by Crippen LogP contribution is -2.39. The number of fused-ring (bicyclic) bond motifs is 1. The molecular weight excluding hydrogens is 424 g/mol. The van der Waals surface area contributed by atoms with Crippen LogP contribution in [0.1, 0.15) is 30.8 Å². The van der Waals surface area contributed by atoms with Gasteiger partial charge in [-0.1, -0.05) is 17.7 Å². The minimum absolute atomic E-state index is 0.165. The first-order valence-corrected chi connectivity index (χ1v) is 11.1. The first kappa shape index (κ1) is 20.7. The highest BCUT2D eigenvalue weighted by Crippen LogP contribution is 2.26. The van der Waals surface area contributed by atoms with Crippen LogP contribution in [0.4, 0.5) is 0 Å². The number of benzene rings is 1. The monoisotopic (exact) mass is 446 g/mol. The summed E-state index contributed by atoms with van der Waals surface area (Å²) in [7, 11) is 0. The second-order valence-corrected chi connectivity index (χ2v) is 8.44. The van der Waals surface area contributed by atoms with Gasteiger partial charge in [0.2, 0.25) is 0 Å². The Bertz CT molecular complexity index is 1320. The Kier molecular flexibility index (Phi) is 5.64. The van der Waals surface area contributed by atoms with E-state index in [2.05, 4.69) is 28.9 Å². The molecule has 1 unspecified atom stereocenters. The summed E-state index contributed by atoms with van der Waals surface area (Å²) in [5, 5.41) is 1.58. The molecular formula is C25H23ClN4O2. The summed E-state index contributed by atoms with van der Waals surface area (Å²) in [6.45, 7) is 4.74. The number of nitrogens with zero attached hydrogens (tertiary/aromatic N) is 4. The molecule has 1 saturated heterocycles. The molecule has 0 aliphatic carbocycles. The zero-order valence-corrected chi connectivity index (χ0v) is 18.5. The van der Waals surface area contributed by atoms with Crippen molar-refractivity contribution in [1.29, 1.82) is 0 Å². The highest BCUT2D eigenvalue weighted by Gasteiger charge is 2.22. The topological polar surface area (TPSA) is 60.3 Å². The third kappa shape index (κ3) is 4.24. The molecule has 7 heteroatoms. The molecule has 1 aliphatic rings. The number of aromatic nitrogens is 3. The predicted molar refractivity (Wildman–Crippen MR) is 126 cm³/mol. The van der Waals surface area contributed by atoms with Gasteiger partial charge in [0.05, 0.1) is 21.9 Å². The molecule has 0 saturated carbocycles. The van der Waals surface area contributed by atoms with Crippen LogP contribution >= 0.6 is 11.6 Å². The van der Waals surface area contributed by atoms with E-state index >= 15 is 0 Å². The van der Waals surface area contributed by atoms with Crippen molar-refractivity contribution in [2.24, 2.45) is 0 Å². The summed E-state index contributed by atoms with van der Waals surface area (Å²) in [6.07, 6.45) is 4.56. The summed E-state index contributed by atoms with van der Waals surface area (Å²) in [5.41, 5.74) is 3.38. The van der Waals surface area contributed by atoms with Crippen molar-refractivity contribution in [2.45, 2.75) is 26.0 Å². The molecule has 4 heterocycles. The minimum atomic E-state index is -0.165. The molecule has 32 heavy (non-hydrogen) atoms. The van der Waals surface area contributed by atoms with E-state index in [4.69, 9.17) is 21.3 Å². The van der Waals surface area contributed by atoms with E-state index in [1.165, 1.54) is 12.5 Å². The van der Waals surface area contributed by atoms with E-state index in [0.717, 1.165) is 41.1 Å². The summed E-state index contributed by atoms with van der Waals surface area (Å²) >= 11 is 5.85. The highest BCUT2D eigenvalue weighted by molar-refractivity contribution is 6.30. The van der Waals surface area contributed by atoms with Gasteiger partial charge in [-0.2, -0.15) is 0 Å². The van der Waals surface area contributed by atoms with Crippen molar-refractivity contribution < 1.29 is 4.74 Å². The van der Waals surface area contributed by atoms with Gasteiger partial charge in [-0.15, -0.1) is 0 Å². The van der Waals surface area contributed by atoms with Crippen LogP contribution in [0.3, 0.4) is 0 Å². The fourth-order valence-corrected chi connectivity index (χ4v) is 3.95. The van der Waals surface area contributed by atoms with Gasteiger partial charge >= 0.3 is 0 Å². The van der Waals surface area contributed by atoms with Crippen LogP contribution in [0.25, 0.3) is 16.6 Å². The van der Waals surface area contributed by atoms with Gasteiger partial charge in [0.15, 0.2) is 0 Å². The average molecular weight is 447 g/mol. The normalized spacial score (nSPS) is 14.8. The lowest BCUT2D eigenvalue weighted by atomic mass is 10.1. The van der Waals surface area contributed by atoms with Gasteiger partial charge in [0.25, 0.3) is 5.56 Å². The SMILES string of the molecule is CC(c1ccc2cc(-n3ccc(OCc4ccc(Cl)cn4)cc3=O)ccc2n1)N1CCC1. The largest absolute Gasteiger partial charge is 0.487 e. The smallest absolute Gasteiger partial charge is 0.258 e. The molecule has 1 aromatic carbocycles. The van der Waals surface area contributed by atoms with Gasteiger partial charge < -0.3 is 4.74 Å². The van der Waals surface area contributed by atoms with Crippen LogP contribution in [0.15, 0.2) is 71.8 Å². The van der Waals surface area contributed by atoms with Crippen LogP contribution in [0.2, 0.25) is 5.02 Å². The Balaban J connectivity index is 1.34. The summed E-state index contributed by atoms with van der Waals surface area (Å²) in [4.78, 5) is 24.2. The molecule has 0 N–H and O–H groups in total. The molecule has 4 aromatic rings. The Morgan fingerprint density at radius 3 is 2.69 bits per heavy atom. The quantitative estimate of drug-likeness (QED) is 0.426. The Morgan fingerprint density at radius 2 is 1.97 bits per heavy atom. The molecule has 1 atom stereocenters. The van der Waals surface area contributed by atoms with Crippen molar-refractivity contribution >= 4 is 22.5 Å². The molecule has 162 valence electrons. The second-order valence-electron chi connectivity index (χ2n) is 8.01. The van der Waals surface area contributed by atoms with Gasteiger partial charge in [0.1, 0.15) is 12.4 Å². The Morgan fingerprint density at radius 1 is 1.09 bits per heavy atom. The highest BCUT2D eigenvalue weighted by atomic mass is 35.5. The fourth-order valence-electron chi connectivity index (χ4n) is 3.84. The molecule has 1 aliphatic heterocycles. The maximum absolute atomic E-state index is 12.7. The molecule has 1 fully saturated rings. The van der Waals surface area contributed by atoms with Crippen LogP contribution in [-0.2, 0) is 6.61 Å². The van der Waals surface area contributed by atoms with Gasteiger partial charge in [-0.25, -0.2) is 0 Å². The van der Waals surface area contributed by atoms with E-state index < -0.39 is 0 Å². The van der Waals surface area contributed by atoms with Crippen molar-refractivity contribution in [3.05, 3.63) is 93.8 Å². The molecule has 0 amide bonds. The van der Waals surface area contributed by atoms with E-state index in [0.29, 0.717) is 16.8 Å². The molecule has 0 bridgehead atoms. The van der Waals surface area contributed by atoms with Crippen LogP contribution in [-0.4, -0.2) is 32.5 Å². The second kappa shape index (κ2) is 8.73. The fraction of sp³-hybridized carbons (Fsp3) is 0.240. The van der Waals surface area contributed by atoms with Crippen molar-refractivity contribution in [1.82, 2.24) is 19.4 Å². The lowest BCUT2D eigenvalue weighted by molar-refractivity contribution is 0.126. The maximum atomic E-state index is 12.7. The van der Waals surface area contributed by atoms with Crippen molar-refractivity contribution in [2.75, 3.05) is 13.1 Å². The summed E-state index contributed by atoms with van der Waals surface area (Å²) in [6, 6.07) is 17.2. The summed E-state index contributed by atoms with van der Waals surface area (Å²) in [5.74, 6) is 0.495. The maximum Gasteiger partial charge on any atom is 0.258 e. The summed E-state index contributed by atoms with van der Waals surface area (Å²) < 4.78 is 7.31. The number of hydrogen-bond donors (Lipinski definition) is 0. The standard InChI is InChI=1S/C25H23ClN4O2/c1-17(29-10-2-11-29)23-7-3-18-13-21(6-8-24(18)28-23)30-12-9-22(14-25(30)31)32-16-20-5-4-19(26)15-27-20/h3-9,12-15,17H,2,10-11,16H2,1H3. The van der Waals surface area contributed by atoms with E-state index in [1.807, 2.05) is 18.2 Å². The van der Waals surface area contributed by atoms with Gasteiger partial charge in [0, 0.05) is 48.7 Å². The van der Waals surface area contributed by atoms with E-state index in [1.54, 1.807) is 35.2 Å². The van der Waals surface area contributed by atoms with Crippen LogP contribution in [0, 0.1) is 0 Å². The number of likely N-dealkylation sites (tertiary alicyclic amines) is 1. The lowest BCUT2D eigenvalue weighted by Gasteiger charge is -2.36. The number of halogens is 1.